The van der Waals surface area contributed by atoms with Crippen molar-refractivity contribution in [2.45, 2.75) is 56.8 Å². The van der Waals surface area contributed by atoms with Crippen molar-refractivity contribution in [3.8, 4) is 0 Å². The molecule has 3 aromatic rings. The summed E-state index contributed by atoms with van der Waals surface area (Å²) in [6.45, 7) is 8.75. The van der Waals surface area contributed by atoms with Crippen LogP contribution in [0.25, 0.3) is 10.8 Å². The molecule has 12 heteroatoms. The molecule has 4 aliphatic rings. The molecule has 2 bridgehead atoms. The first-order valence-electron chi connectivity index (χ1n) is 15.5. The Balaban J connectivity index is 1.23. The summed E-state index contributed by atoms with van der Waals surface area (Å²) in [6, 6.07) is 8.42. The Hall–Kier alpha value is -3.77. The number of anilines is 4. The van der Waals surface area contributed by atoms with Crippen LogP contribution in [-0.4, -0.2) is 90.6 Å². The quantitative estimate of drug-likeness (QED) is 0.373. The Labute approximate surface area is 258 Å². The number of amides is 1. The number of hydrogen-bond acceptors (Lipinski definition) is 10. The molecule has 1 amide bonds. The molecule has 11 nitrogen and oxygen atoms in total. The van der Waals surface area contributed by atoms with Gasteiger partial charge in [0.1, 0.15) is 21.5 Å². The molecule has 7 rings (SSSR count). The summed E-state index contributed by atoms with van der Waals surface area (Å²) < 4.78 is 29.8. The summed E-state index contributed by atoms with van der Waals surface area (Å²) in [5.74, 6) is 2.19. The highest BCUT2D eigenvalue weighted by atomic mass is 32.2. The Morgan fingerprint density at radius 2 is 2.00 bits per heavy atom. The van der Waals surface area contributed by atoms with E-state index in [4.69, 9.17) is 14.7 Å². The van der Waals surface area contributed by atoms with Crippen molar-refractivity contribution in [2.24, 2.45) is 5.92 Å². The Bertz CT molecular complexity index is 1720. The molecule has 44 heavy (non-hydrogen) atoms. The third kappa shape index (κ3) is 5.38. The largest absolute Gasteiger partial charge is 0.376 e. The van der Waals surface area contributed by atoms with Gasteiger partial charge in [0, 0.05) is 61.3 Å². The molecule has 4 saturated heterocycles. The van der Waals surface area contributed by atoms with E-state index in [-0.39, 0.29) is 29.7 Å². The molecule has 0 spiro atoms. The fourth-order valence-electron chi connectivity index (χ4n) is 7.44. The van der Waals surface area contributed by atoms with Crippen LogP contribution in [-0.2, 0) is 19.4 Å². The van der Waals surface area contributed by atoms with Crippen LogP contribution in [0.5, 0.6) is 0 Å². The van der Waals surface area contributed by atoms with Crippen molar-refractivity contribution in [3.63, 3.8) is 0 Å². The predicted octanol–water partition coefficient (Wildman–Crippen LogP) is 3.85. The number of pyridine rings is 1. The van der Waals surface area contributed by atoms with Gasteiger partial charge in [-0.3, -0.25) is 4.79 Å². The number of nitrogens with one attached hydrogen (secondary N) is 1. The first-order valence-corrected chi connectivity index (χ1v) is 17.5. The van der Waals surface area contributed by atoms with Gasteiger partial charge in [0.25, 0.3) is 0 Å². The molecule has 0 aliphatic carbocycles. The minimum atomic E-state index is -3.06. The number of fused-ring (bicyclic) bond motifs is 3. The summed E-state index contributed by atoms with van der Waals surface area (Å²) in [5.41, 5.74) is 2.08. The van der Waals surface area contributed by atoms with Crippen molar-refractivity contribution in [1.82, 2.24) is 19.9 Å². The second-order valence-corrected chi connectivity index (χ2v) is 14.8. The SMILES string of the molecule is C=CC(=O)N1CCC[C@H]1c1ccc(N2C[C@H](CS(C)(=O)=O)[C@H]2C)c2cnc(Nc3ccnc(N4CC[C@H]5C[C@@H]4CO5)n3)cc12. The zero-order chi connectivity index (χ0) is 30.6. The molecular formula is C32H39N7O4S. The van der Waals surface area contributed by atoms with Gasteiger partial charge in [0.2, 0.25) is 11.9 Å². The number of carbonyl (C=O) groups is 1. The lowest BCUT2D eigenvalue weighted by Gasteiger charge is -2.48. The summed E-state index contributed by atoms with van der Waals surface area (Å²) in [6.07, 6.45) is 10.5. The molecule has 0 radical (unpaired) electrons. The lowest BCUT2D eigenvalue weighted by atomic mass is 9.89. The van der Waals surface area contributed by atoms with E-state index in [1.54, 1.807) is 6.20 Å². The molecule has 5 atom stereocenters. The maximum atomic E-state index is 12.8. The molecular weight excluding hydrogens is 578 g/mol. The molecule has 6 heterocycles. The van der Waals surface area contributed by atoms with Crippen molar-refractivity contribution < 1.29 is 17.9 Å². The second-order valence-electron chi connectivity index (χ2n) is 12.6. The summed E-state index contributed by atoms with van der Waals surface area (Å²) in [4.78, 5) is 33.4. The first-order chi connectivity index (χ1) is 21.2. The first kappa shape index (κ1) is 29.0. The maximum Gasteiger partial charge on any atom is 0.246 e. The van der Waals surface area contributed by atoms with Crippen LogP contribution in [0.2, 0.25) is 0 Å². The fraction of sp³-hybridized carbons (Fsp3) is 0.500. The van der Waals surface area contributed by atoms with Crippen LogP contribution >= 0.6 is 0 Å². The van der Waals surface area contributed by atoms with Crippen LogP contribution in [0.1, 0.15) is 44.2 Å². The molecule has 2 aromatic heterocycles. The number of nitrogens with zero attached hydrogens (tertiary/aromatic N) is 6. The minimum absolute atomic E-state index is 0.0673. The van der Waals surface area contributed by atoms with Gasteiger partial charge in [0.15, 0.2) is 0 Å². The Morgan fingerprint density at radius 1 is 1.14 bits per heavy atom. The average Bonchev–Trinajstić information content (AvgIpc) is 3.65. The van der Waals surface area contributed by atoms with Crippen LogP contribution in [0.15, 0.2) is 49.3 Å². The van der Waals surface area contributed by atoms with Gasteiger partial charge in [-0.25, -0.2) is 18.4 Å². The van der Waals surface area contributed by atoms with Crippen LogP contribution in [0, 0.1) is 5.92 Å². The highest BCUT2D eigenvalue weighted by Crippen LogP contribution is 2.42. The van der Waals surface area contributed by atoms with E-state index >= 15 is 0 Å². The molecule has 232 valence electrons. The molecule has 1 aromatic carbocycles. The lowest BCUT2D eigenvalue weighted by Crippen LogP contribution is -2.57. The van der Waals surface area contributed by atoms with Gasteiger partial charge >= 0.3 is 0 Å². The average molecular weight is 618 g/mol. The summed E-state index contributed by atoms with van der Waals surface area (Å²) in [7, 11) is -3.06. The number of benzene rings is 1. The number of rotatable bonds is 8. The zero-order valence-corrected chi connectivity index (χ0v) is 26.0. The van der Waals surface area contributed by atoms with Crippen LogP contribution in [0.4, 0.5) is 23.3 Å². The van der Waals surface area contributed by atoms with E-state index in [9.17, 15) is 13.2 Å². The Morgan fingerprint density at radius 3 is 2.80 bits per heavy atom. The van der Waals surface area contributed by atoms with Crippen LogP contribution in [0.3, 0.4) is 0 Å². The highest BCUT2D eigenvalue weighted by Gasteiger charge is 2.39. The molecule has 4 fully saturated rings. The van der Waals surface area contributed by atoms with E-state index in [0.29, 0.717) is 49.4 Å². The third-order valence-electron chi connectivity index (χ3n) is 9.76. The van der Waals surface area contributed by atoms with Crippen molar-refractivity contribution >= 4 is 49.8 Å². The number of sulfone groups is 1. The lowest BCUT2D eigenvalue weighted by molar-refractivity contribution is -0.126. The predicted molar refractivity (Wildman–Crippen MR) is 171 cm³/mol. The fourth-order valence-corrected chi connectivity index (χ4v) is 8.60. The zero-order valence-electron chi connectivity index (χ0n) is 25.2. The van der Waals surface area contributed by atoms with Gasteiger partial charge in [-0.15, -0.1) is 0 Å². The summed E-state index contributed by atoms with van der Waals surface area (Å²) >= 11 is 0. The number of ether oxygens (including phenoxy) is 1. The van der Waals surface area contributed by atoms with Gasteiger partial charge in [-0.2, -0.15) is 4.98 Å². The maximum absolute atomic E-state index is 12.8. The van der Waals surface area contributed by atoms with Gasteiger partial charge in [0.05, 0.1) is 30.5 Å². The number of hydrogen-bond donors (Lipinski definition) is 1. The van der Waals surface area contributed by atoms with Crippen molar-refractivity contribution in [1.29, 1.82) is 0 Å². The van der Waals surface area contributed by atoms with Crippen molar-refractivity contribution in [3.05, 3.63) is 54.9 Å². The van der Waals surface area contributed by atoms with E-state index in [1.807, 2.05) is 23.2 Å². The van der Waals surface area contributed by atoms with Gasteiger partial charge < -0.3 is 24.8 Å². The standard InChI is InChI=1S/C32H39N7O4S/c1-4-31(40)38-12-5-6-27(38)24-7-8-28(39-17-21(20(39)2)19-44(3,41)42)26-16-34-30(15-25(24)26)35-29-9-11-33-32(36-29)37-13-10-23-14-22(37)18-43-23/h4,7-9,11,15-16,20-23,27H,1,5-6,10,12-14,17-19H2,2-3H3,(H,33,34,35,36)/t20-,21-,22-,23+,27+/m1/s1. The highest BCUT2D eigenvalue weighted by molar-refractivity contribution is 7.90. The number of aromatic nitrogens is 3. The second kappa shape index (κ2) is 11.3. The minimum Gasteiger partial charge on any atom is -0.376 e. The van der Waals surface area contributed by atoms with Crippen molar-refractivity contribution in [2.75, 3.05) is 53.4 Å². The normalized spacial score (nSPS) is 26.6. The molecule has 4 aliphatic heterocycles. The van der Waals surface area contributed by atoms with E-state index in [0.717, 1.165) is 54.3 Å². The molecule has 0 saturated carbocycles. The van der Waals surface area contributed by atoms with Crippen LogP contribution < -0.4 is 15.1 Å². The smallest absolute Gasteiger partial charge is 0.246 e. The number of carbonyl (C=O) groups excluding carboxylic acids is 1. The van der Waals surface area contributed by atoms with Gasteiger partial charge in [-0.05, 0) is 67.8 Å². The monoisotopic (exact) mass is 617 g/mol. The third-order valence-corrected chi connectivity index (χ3v) is 10.8. The molecule has 1 N–H and O–H groups in total. The van der Waals surface area contributed by atoms with E-state index in [2.05, 4.69) is 45.7 Å². The Kier molecular flexibility index (Phi) is 7.44. The van der Waals surface area contributed by atoms with E-state index in [1.165, 1.54) is 12.3 Å². The topological polar surface area (TPSA) is 121 Å². The van der Waals surface area contributed by atoms with Gasteiger partial charge in [-0.1, -0.05) is 12.6 Å². The molecule has 0 unspecified atom stereocenters. The van der Waals surface area contributed by atoms with E-state index < -0.39 is 9.84 Å². The number of piperidine rings is 1. The number of likely N-dealkylation sites (tertiary alicyclic amines) is 1. The summed E-state index contributed by atoms with van der Waals surface area (Å²) in [5, 5.41) is 5.38.